The fourth-order valence-electron chi connectivity index (χ4n) is 2.86. The standard InChI is InChI=1S/C16H19ClN2O2/c17-13-3-1-11(2-4-13)14(20)12-5-9-19(10-6-12)15(21)16(18)7-8-16/h1-4,12H,5-10,18H2. The van der Waals surface area contributed by atoms with Gasteiger partial charge in [-0.2, -0.15) is 0 Å². The van der Waals surface area contributed by atoms with E-state index in [4.69, 9.17) is 17.3 Å². The van der Waals surface area contributed by atoms with Crippen LogP contribution in [0.5, 0.6) is 0 Å². The Morgan fingerprint density at radius 2 is 1.71 bits per heavy atom. The molecule has 4 nitrogen and oxygen atoms in total. The molecule has 1 amide bonds. The molecule has 3 rings (SSSR count). The predicted octanol–water partition coefficient (Wildman–Crippen LogP) is 2.25. The highest BCUT2D eigenvalue weighted by molar-refractivity contribution is 6.30. The van der Waals surface area contributed by atoms with Crippen LogP contribution in [0.2, 0.25) is 5.02 Å². The van der Waals surface area contributed by atoms with E-state index in [0.29, 0.717) is 36.5 Å². The Balaban J connectivity index is 1.59. The lowest BCUT2D eigenvalue weighted by Crippen LogP contribution is -2.49. The summed E-state index contributed by atoms with van der Waals surface area (Å²) < 4.78 is 0. The van der Waals surface area contributed by atoms with Gasteiger partial charge in [0.05, 0.1) is 5.54 Å². The monoisotopic (exact) mass is 306 g/mol. The number of nitrogens with two attached hydrogens (primary N) is 1. The Morgan fingerprint density at radius 1 is 1.14 bits per heavy atom. The molecule has 5 heteroatoms. The van der Waals surface area contributed by atoms with Gasteiger partial charge in [0.25, 0.3) is 0 Å². The van der Waals surface area contributed by atoms with Crippen molar-refractivity contribution in [3.63, 3.8) is 0 Å². The molecular formula is C16H19ClN2O2. The second-order valence-electron chi connectivity index (χ2n) is 6.09. The lowest BCUT2D eigenvalue weighted by molar-refractivity contribution is -0.134. The SMILES string of the molecule is NC1(C(=O)N2CCC(C(=O)c3ccc(Cl)cc3)CC2)CC1. The molecule has 21 heavy (non-hydrogen) atoms. The number of hydrogen-bond acceptors (Lipinski definition) is 3. The van der Waals surface area contributed by atoms with Crippen LogP contribution in [-0.2, 0) is 4.79 Å². The molecule has 0 unspecified atom stereocenters. The zero-order valence-corrected chi connectivity index (χ0v) is 12.6. The van der Waals surface area contributed by atoms with Gasteiger partial charge < -0.3 is 10.6 Å². The molecular weight excluding hydrogens is 288 g/mol. The summed E-state index contributed by atoms with van der Waals surface area (Å²) in [6.07, 6.45) is 3.00. The van der Waals surface area contributed by atoms with Gasteiger partial charge in [0.15, 0.2) is 5.78 Å². The average molecular weight is 307 g/mol. The number of carbonyl (C=O) groups excluding carboxylic acids is 2. The summed E-state index contributed by atoms with van der Waals surface area (Å²) in [7, 11) is 0. The number of benzene rings is 1. The number of hydrogen-bond donors (Lipinski definition) is 1. The molecule has 0 radical (unpaired) electrons. The van der Waals surface area contributed by atoms with Gasteiger partial charge >= 0.3 is 0 Å². The van der Waals surface area contributed by atoms with Crippen molar-refractivity contribution in [2.24, 2.45) is 11.7 Å². The Hall–Kier alpha value is -1.39. The molecule has 0 bridgehead atoms. The minimum atomic E-state index is -0.604. The molecule has 112 valence electrons. The van der Waals surface area contributed by atoms with Crippen LogP contribution >= 0.6 is 11.6 Å². The molecule has 0 aromatic heterocycles. The maximum Gasteiger partial charge on any atom is 0.242 e. The number of likely N-dealkylation sites (tertiary alicyclic amines) is 1. The molecule has 1 heterocycles. The number of halogens is 1. The molecule has 0 spiro atoms. The van der Waals surface area contributed by atoms with Crippen LogP contribution in [0.1, 0.15) is 36.0 Å². The summed E-state index contributed by atoms with van der Waals surface area (Å²) in [5.74, 6) is 0.190. The topological polar surface area (TPSA) is 63.4 Å². The van der Waals surface area contributed by atoms with Crippen molar-refractivity contribution < 1.29 is 9.59 Å². The van der Waals surface area contributed by atoms with Crippen LogP contribution in [0.4, 0.5) is 0 Å². The Labute approximate surface area is 129 Å². The molecule has 2 fully saturated rings. The summed E-state index contributed by atoms with van der Waals surface area (Å²) >= 11 is 5.84. The van der Waals surface area contributed by atoms with Crippen LogP contribution in [0.15, 0.2) is 24.3 Å². The first-order valence-electron chi connectivity index (χ1n) is 7.38. The van der Waals surface area contributed by atoms with E-state index in [1.165, 1.54) is 0 Å². The van der Waals surface area contributed by atoms with E-state index < -0.39 is 5.54 Å². The van der Waals surface area contributed by atoms with Crippen molar-refractivity contribution >= 4 is 23.3 Å². The average Bonchev–Trinajstić information content (AvgIpc) is 3.26. The molecule has 2 N–H and O–H groups in total. The Bertz CT molecular complexity index is 558. The first-order chi connectivity index (χ1) is 9.99. The third kappa shape index (κ3) is 2.97. The van der Waals surface area contributed by atoms with Gasteiger partial charge in [0, 0.05) is 29.6 Å². The number of carbonyl (C=O) groups is 2. The van der Waals surface area contributed by atoms with Gasteiger partial charge in [-0.25, -0.2) is 0 Å². The minimum Gasteiger partial charge on any atom is -0.341 e. The predicted molar refractivity (Wildman–Crippen MR) is 81.2 cm³/mol. The fraction of sp³-hybridized carbons (Fsp3) is 0.500. The lowest BCUT2D eigenvalue weighted by atomic mass is 9.88. The lowest BCUT2D eigenvalue weighted by Gasteiger charge is -2.33. The van der Waals surface area contributed by atoms with E-state index in [0.717, 1.165) is 12.8 Å². The summed E-state index contributed by atoms with van der Waals surface area (Å²) in [6, 6.07) is 7.00. The van der Waals surface area contributed by atoms with Crippen molar-refractivity contribution in [1.29, 1.82) is 0 Å². The largest absolute Gasteiger partial charge is 0.341 e. The fourth-order valence-corrected chi connectivity index (χ4v) is 2.98. The van der Waals surface area contributed by atoms with E-state index in [-0.39, 0.29) is 17.6 Å². The molecule has 1 aromatic rings. The van der Waals surface area contributed by atoms with E-state index in [1.54, 1.807) is 24.3 Å². The van der Waals surface area contributed by atoms with Gasteiger partial charge in [-0.05, 0) is 49.9 Å². The maximum atomic E-state index is 12.4. The quantitative estimate of drug-likeness (QED) is 0.871. The van der Waals surface area contributed by atoms with Crippen LogP contribution in [-0.4, -0.2) is 35.2 Å². The number of rotatable bonds is 3. The highest BCUT2D eigenvalue weighted by atomic mass is 35.5. The summed E-state index contributed by atoms with van der Waals surface area (Å²) in [5, 5.41) is 0.629. The van der Waals surface area contributed by atoms with Gasteiger partial charge in [-0.1, -0.05) is 11.6 Å². The zero-order chi connectivity index (χ0) is 15.0. The second-order valence-corrected chi connectivity index (χ2v) is 6.53. The van der Waals surface area contributed by atoms with Crippen molar-refractivity contribution in [2.45, 2.75) is 31.2 Å². The van der Waals surface area contributed by atoms with Gasteiger partial charge in [-0.15, -0.1) is 0 Å². The number of ketones is 1. The van der Waals surface area contributed by atoms with Crippen LogP contribution in [0, 0.1) is 5.92 Å². The third-order valence-electron chi connectivity index (χ3n) is 4.50. The van der Waals surface area contributed by atoms with E-state index in [9.17, 15) is 9.59 Å². The molecule has 2 aliphatic rings. The van der Waals surface area contributed by atoms with E-state index >= 15 is 0 Å². The third-order valence-corrected chi connectivity index (χ3v) is 4.75. The smallest absolute Gasteiger partial charge is 0.242 e. The summed E-state index contributed by atoms with van der Waals surface area (Å²) in [5.41, 5.74) is 6.04. The second kappa shape index (κ2) is 5.43. The molecule has 0 atom stereocenters. The molecule has 1 saturated carbocycles. The van der Waals surface area contributed by atoms with Crippen LogP contribution < -0.4 is 5.73 Å². The number of piperidine rings is 1. The molecule has 1 saturated heterocycles. The van der Waals surface area contributed by atoms with Crippen LogP contribution in [0.3, 0.4) is 0 Å². The van der Waals surface area contributed by atoms with Gasteiger partial charge in [-0.3, -0.25) is 9.59 Å². The molecule has 1 aliphatic heterocycles. The van der Waals surface area contributed by atoms with Crippen molar-refractivity contribution in [3.8, 4) is 0 Å². The molecule has 1 aliphatic carbocycles. The zero-order valence-electron chi connectivity index (χ0n) is 11.8. The number of amides is 1. The Morgan fingerprint density at radius 3 is 2.24 bits per heavy atom. The first kappa shape index (κ1) is 14.5. The highest BCUT2D eigenvalue weighted by Crippen LogP contribution is 2.35. The van der Waals surface area contributed by atoms with E-state index in [1.807, 2.05) is 4.90 Å². The number of Topliss-reactive ketones (excluding diaryl/α,β-unsaturated/α-hetero) is 1. The maximum absolute atomic E-state index is 12.4. The van der Waals surface area contributed by atoms with Gasteiger partial charge in [0.1, 0.15) is 0 Å². The van der Waals surface area contributed by atoms with Gasteiger partial charge in [0.2, 0.25) is 5.91 Å². The normalized spacial score (nSPS) is 21.1. The minimum absolute atomic E-state index is 0.0110. The summed E-state index contributed by atoms with van der Waals surface area (Å²) in [6.45, 7) is 1.25. The van der Waals surface area contributed by atoms with Crippen molar-refractivity contribution in [2.75, 3.05) is 13.1 Å². The summed E-state index contributed by atoms with van der Waals surface area (Å²) in [4.78, 5) is 26.4. The first-order valence-corrected chi connectivity index (χ1v) is 7.75. The Kier molecular flexibility index (Phi) is 3.76. The number of nitrogens with zero attached hydrogens (tertiary/aromatic N) is 1. The van der Waals surface area contributed by atoms with E-state index in [2.05, 4.69) is 0 Å². The molecule has 1 aromatic carbocycles. The van der Waals surface area contributed by atoms with Crippen molar-refractivity contribution in [1.82, 2.24) is 4.90 Å². The van der Waals surface area contributed by atoms with Crippen molar-refractivity contribution in [3.05, 3.63) is 34.9 Å². The van der Waals surface area contributed by atoms with Crippen LogP contribution in [0.25, 0.3) is 0 Å². The highest BCUT2D eigenvalue weighted by Gasteiger charge is 2.48.